The third kappa shape index (κ3) is 5.05. The second-order valence-corrected chi connectivity index (χ2v) is 8.84. The van der Waals surface area contributed by atoms with E-state index in [0.29, 0.717) is 35.6 Å². The van der Waals surface area contributed by atoms with Gasteiger partial charge in [-0.2, -0.15) is 0 Å². The van der Waals surface area contributed by atoms with Gasteiger partial charge in [0.1, 0.15) is 17.3 Å². The summed E-state index contributed by atoms with van der Waals surface area (Å²) in [5.74, 6) is -0.205. The lowest BCUT2D eigenvalue weighted by atomic mass is 9.94. The van der Waals surface area contributed by atoms with Crippen molar-refractivity contribution in [3.05, 3.63) is 64.7 Å². The van der Waals surface area contributed by atoms with Crippen LogP contribution >= 0.6 is 0 Å². The summed E-state index contributed by atoms with van der Waals surface area (Å²) in [5.41, 5.74) is 2.04. The molecule has 1 unspecified atom stereocenters. The summed E-state index contributed by atoms with van der Waals surface area (Å²) in [5, 5.41) is 11.3. The van der Waals surface area contributed by atoms with Crippen molar-refractivity contribution in [2.75, 3.05) is 6.54 Å². The first-order chi connectivity index (χ1) is 15.6. The number of aryl methyl sites for hydroxylation is 1. The zero-order valence-electron chi connectivity index (χ0n) is 20.2. The quantitative estimate of drug-likeness (QED) is 0.330. The highest BCUT2D eigenvalue weighted by molar-refractivity contribution is 6.46. The minimum atomic E-state index is -0.730. The number of hydrogen-bond donors (Lipinski definition) is 1. The second kappa shape index (κ2) is 10.1. The molecule has 0 aliphatic carbocycles. The van der Waals surface area contributed by atoms with Gasteiger partial charge in [0, 0.05) is 17.7 Å². The first-order valence-electron chi connectivity index (χ1n) is 11.5. The SMILES string of the molecule is CCCN1C(=O)C(=O)/C(=C(\O)c2ccc(OC(C)C)c(C)c2)C1c1ccccc1OC(C)C. The van der Waals surface area contributed by atoms with E-state index in [1.54, 1.807) is 18.2 Å². The molecule has 2 aromatic carbocycles. The number of carbonyl (C=O) groups is 2. The van der Waals surface area contributed by atoms with Crippen LogP contribution in [0, 0.1) is 6.92 Å². The van der Waals surface area contributed by atoms with Gasteiger partial charge in [0.2, 0.25) is 0 Å². The van der Waals surface area contributed by atoms with Crippen molar-refractivity contribution in [1.82, 2.24) is 4.90 Å². The molecule has 1 aliphatic heterocycles. The standard InChI is InChI=1S/C27H33NO5/c1-7-14-28-24(20-10-8-9-11-22(20)33-17(4)5)23(26(30)27(28)31)25(29)19-12-13-21(18(6)15-19)32-16(2)3/h8-13,15-17,24,29H,7,14H2,1-6H3/b25-23-. The number of aliphatic hydroxyl groups is 1. The predicted octanol–water partition coefficient (Wildman–Crippen LogP) is 5.40. The summed E-state index contributed by atoms with van der Waals surface area (Å²) in [7, 11) is 0. The molecule has 0 bridgehead atoms. The van der Waals surface area contributed by atoms with Crippen molar-refractivity contribution in [3.8, 4) is 11.5 Å². The summed E-state index contributed by atoms with van der Waals surface area (Å²) in [4.78, 5) is 27.6. The van der Waals surface area contributed by atoms with Crippen LogP contribution < -0.4 is 9.47 Å². The van der Waals surface area contributed by atoms with E-state index in [1.165, 1.54) is 4.90 Å². The van der Waals surface area contributed by atoms with E-state index in [9.17, 15) is 14.7 Å². The van der Waals surface area contributed by atoms with E-state index in [4.69, 9.17) is 9.47 Å². The molecule has 1 N–H and O–H groups in total. The Hall–Kier alpha value is -3.28. The van der Waals surface area contributed by atoms with Gasteiger partial charge in [-0.1, -0.05) is 25.1 Å². The number of aliphatic hydroxyl groups excluding tert-OH is 1. The fourth-order valence-electron chi connectivity index (χ4n) is 4.08. The van der Waals surface area contributed by atoms with E-state index in [2.05, 4.69) is 0 Å². The lowest BCUT2D eigenvalue weighted by molar-refractivity contribution is -0.139. The van der Waals surface area contributed by atoms with Gasteiger partial charge < -0.3 is 19.5 Å². The third-order valence-corrected chi connectivity index (χ3v) is 5.39. The van der Waals surface area contributed by atoms with Crippen LogP contribution in [0.25, 0.3) is 5.76 Å². The number of ketones is 1. The normalized spacial score (nSPS) is 17.8. The summed E-state index contributed by atoms with van der Waals surface area (Å²) in [6.07, 6.45) is 0.604. The van der Waals surface area contributed by atoms with Gasteiger partial charge >= 0.3 is 0 Å². The van der Waals surface area contributed by atoms with Gasteiger partial charge in [0.05, 0.1) is 23.8 Å². The molecule has 33 heavy (non-hydrogen) atoms. The Labute approximate surface area is 195 Å². The maximum Gasteiger partial charge on any atom is 0.295 e. The number of amides is 1. The van der Waals surface area contributed by atoms with Crippen molar-refractivity contribution in [3.63, 3.8) is 0 Å². The molecule has 6 nitrogen and oxygen atoms in total. The van der Waals surface area contributed by atoms with Crippen LogP contribution in [0.2, 0.25) is 0 Å². The largest absolute Gasteiger partial charge is 0.507 e. The van der Waals surface area contributed by atoms with E-state index in [1.807, 2.05) is 65.8 Å². The number of likely N-dealkylation sites (tertiary alicyclic amines) is 1. The molecule has 1 aliphatic rings. The third-order valence-electron chi connectivity index (χ3n) is 5.39. The molecule has 6 heteroatoms. The number of Topliss-reactive ketones (excluding diaryl/α,β-unsaturated/α-hetero) is 1. The molecule has 1 atom stereocenters. The molecule has 0 radical (unpaired) electrons. The first kappa shape index (κ1) is 24.4. The Kier molecular flexibility index (Phi) is 7.46. The maximum atomic E-state index is 13.1. The molecule has 1 saturated heterocycles. The number of nitrogens with zero attached hydrogens (tertiary/aromatic N) is 1. The van der Waals surface area contributed by atoms with Crippen LogP contribution in [0.3, 0.4) is 0 Å². The number of rotatable bonds is 8. The molecule has 0 aromatic heterocycles. The molecule has 2 aromatic rings. The van der Waals surface area contributed by atoms with Crippen molar-refractivity contribution >= 4 is 17.4 Å². The molecule has 3 rings (SSSR count). The zero-order valence-corrected chi connectivity index (χ0v) is 20.2. The van der Waals surface area contributed by atoms with Gasteiger partial charge in [-0.3, -0.25) is 9.59 Å². The Balaban J connectivity index is 2.18. The molecule has 1 fully saturated rings. The number of carbonyl (C=O) groups excluding carboxylic acids is 2. The van der Waals surface area contributed by atoms with E-state index in [0.717, 1.165) is 5.56 Å². The molecule has 1 amide bonds. The fraction of sp³-hybridized carbons (Fsp3) is 0.407. The number of hydrogen-bond acceptors (Lipinski definition) is 5. The summed E-state index contributed by atoms with van der Waals surface area (Å²) >= 11 is 0. The van der Waals surface area contributed by atoms with Crippen molar-refractivity contribution in [1.29, 1.82) is 0 Å². The van der Waals surface area contributed by atoms with Gasteiger partial charge in [-0.05, 0) is 70.9 Å². The molecule has 0 saturated carbocycles. The minimum Gasteiger partial charge on any atom is -0.507 e. The van der Waals surface area contributed by atoms with Gasteiger partial charge in [-0.15, -0.1) is 0 Å². The van der Waals surface area contributed by atoms with Crippen LogP contribution in [0.4, 0.5) is 0 Å². The Morgan fingerprint density at radius 1 is 1.00 bits per heavy atom. The molecular formula is C27H33NO5. The van der Waals surface area contributed by atoms with Crippen molar-refractivity contribution in [2.45, 2.75) is 66.2 Å². The minimum absolute atomic E-state index is 0.0139. The molecule has 176 valence electrons. The fourth-order valence-corrected chi connectivity index (χ4v) is 4.08. The van der Waals surface area contributed by atoms with Crippen LogP contribution in [-0.2, 0) is 9.59 Å². The smallest absolute Gasteiger partial charge is 0.295 e. The number of para-hydroxylation sites is 1. The predicted molar refractivity (Wildman–Crippen MR) is 128 cm³/mol. The second-order valence-electron chi connectivity index (χ2n) is 8.84. The lowest BCUT2D eigenvalue weighted by Crippen LogP contribution is -2.30. The lowest BCUT2D eigenvalue weighted by Gasteiger charge is -2.27. The Morgan fingerprint density at radius 3 is 2.24 bits per heavy atom. The number of benzene rings is 2. The van der Waals surface area contributed by atoms with Crippen LogP contribution in [0.5, 0.6) is 11.5 Å². The maximum absolute atomic E-state index is 13.1. The molecule has 1 heterocycles. The van der Waals surface area contributed by atoms with Crippen LogP contribution in [-0.4, -0.2) is 40.4 Å². The molecular weight excluding hydrogens is 418 g/mol. The van der Waals surface area contributed by atoms with E-state index >= 15 is 0 Å². The van der Waals surface area contributed by atoms with Crippen molar-refractivity contribution < 1.29 is 24.2 Å². The van der Waals surface area contributed by atoms with E-state index in [-0.39, 0.29) is 23.5 Å². The number of ether oxygens (including phenoxy) is 2. The summed E-state index contributed by atoms with van der Waals surface area (Å²) < 4.78 is 11.8. The average molecular weight is 452 g/mol. The highest BCUT2D eigenvalue weighted by Crippen LogP contribution is 2.43. The Morgan fingerprint density at radius 2 is 1.64 bits per heavy atom. The van der Waals surface area contributed by atoms with Crippen LogP contribution in [0.1, 0.15) is 63.8 Å². The topological polar surface area (TPSA) is 76.1 Å². The zero-order chi connectivity index (χ0) is 24.3. The Bertz CT molecular complexity index is 1070. The van der Waals surface area contributed by atoms with Gasteiger partial charge in [0.15, 0.2) is 0 Å². The van der Waals surface area contributed by atoms with Gasteiger partial charge in [-0.25, -0.2) is 0 Å². The average Bonchev–Trinajstić information content (AvgIpc) is 2.99. The van der Waals surface area contributed by atoms with Crippen molar-refractivity contribution in [2.24, 2.45) is 0 Å². The monoisotopic (exact) mass is 451 g/mol. The first-order valence-corrected chi connectivity index (χ1v) is 11.5. The van der Waals surface area contributed by atoms with Crippen LogP contribution in [0.15, 0.2) is 48.0 Å². The van der Waals surface area contributed by atoms with Gasteiger partial charge in [0.25, 0.3) is 11.7 Å². The summed E-state index contributed by atoms with van der Waals surface area (Å²) in [6.45, 7) is 11.9. The highest BCUT2D eigenvalue weighted by atomic mass is 16.5. The summed E-state index contributed by atoms with van der Waals surface area (Å²) in [6, 6.07) is 11.9. The van der Waals surface area contributed by atoms with E-state index < -0.39 is 17.7 Å². The molecule has 0 spiro atoms. The highest BCUT2D eigenvalue weighted by Gasteiger charge is 2.46.